The van der Waals surface area contributed by atoms with E-state index < -0.39 is 0 Å². The number of nitrogens with one attached hydrogen (secondary N) is 1. The van der Waals surface area contributed by atoms with Gasteiger partial charge in [0.1, 0.15) is 0 Å². The number of aryl methyl sites for hydroxylation is 2. The largest absolute Gasteiger partial charge is 0.368 e. The highest BCUT2D eigenvalue weighted by Gasteiger charge is 2.32. The minimum Gasteiger partial charge on any atom is -0.368 e. The van der Waals surface area contributed by atoms with Gasteiger partial charge in [-0.2, -0.15) is 0 Å². The summed E-state index contributed by atoms with van der Waals surface area (Å²) in [5, 5.41) is 3.42. The van der Waals surface area contributed by atoms with E-state index >= 15 is 0 Å². The van der Waals surface area contributed by atoms with Gasteiger partial charge in [-0.05, 0) is 25.5 Å². The van der Waals surface area contributed by atoms with Gasteiger partial charge >= 0.3 is 0 Å². The summed E-state index contributed by atoms with van der Waals surface area (Å²) in [7, 11) is 0. The van der Waals surface area contributed by atoms with Crippen LogP contribution in [-0.2, 0) is 0 Å². The fourth-order valence-electron chi connectivity index (χ4n) is 3.09. The highest BCUT2D eigenvalue weighted by Crippen LogP contribution is 2.27. The monoisotopic (exact) mass is 245 g/mol. The molecule has 2 aliphatic heterocycles. The van der Waals surface area contributed by atoms with Crippen LogP contribution in [0.3, 0.4) is 0 Å². The first-order valence-corrected chi connectivity index (χ1v) is 7.01. The zero-order valence-corrected chi connectivity index (χ0v) is 11.4. The molecule has 0 spiro atoms. The summed E-state index contributed by atoms with van der Waals surface area (Å²) in [5.74, 6) is 0. The van der Waals surface area contributed by atoms with Crippen LogP contribution in [0.2, 0.25) is 0 Å². The standard InChI is InChI=1S/C15H23N3/c1-12-3-4-15(13(2)9-12)18-10-14(11-18)17-7-5-16-6-8-17/h3-4,9,14,16H,5-8,10-11H2,1-2H3. The van der Waals surface area contributed by atoms with Gasteiger partial charge in [0, 0.05) is 51.0 Å². The van der Waals surface area contributed by atoms with E-state index in [-0.39, 0.29) is 0 Å². The number of hydrogen-bond acceptors (Lipinski definition) is 3. The number of rotatable bonds is 2. The number of nitrogens with zero attached hydrogens (tertiary/aromatic N) is 2. The Kier molecular flexibility index (Phi) is 3.27. The van der Waals surface area contributed by atoms with Crippen molar-refractivity contribution in [2.45, 2.75) is 19.9 Å². The van der Waals surface area contributed by atoms with E-state index in [1.165, 1.54) is 43.0 Å². The molecule has 0 radical (unpaired) electrons. The van der Waals surface area contributed by atoms with Crippen LogP contribution in [0.4, 0.5) is 5.69 Å². The summed E-state index contributed by atoms with van der Waals surface area (Å²) in [5.41, 5.74) is 4.19. The Morgan fingerprint density at radius 3 is 2.50 bits per heavy atom. The first kappa shape index (κ1) is 12.0. The van der Waals surface area contributed by atoms with Gasteiger partial charge in [-0.25, -0.2) is 0 Å². The fraction of sp³-hybridized carbons (Fsp3) is 0.600. The Bertz CT molecular complexity index is 418. The highest BCUT2D eigenvalue weighted by atomic mass is 15.3. The van der Waals surface area contributed by atoms with Gasteiger partial charge in [-0.3, -0.25) is 4.90 Å². The molecule has 2 heterocycles. The fourth-order valence-corrected chi connectivity index (χ4v) is 3.09. The molecule has 1 N–H and O–H groups in total. The summed E-state index contributed by atoms with van der Waals surface area (Å²) in [4.78, 5) is 5.15. The van der Waals surface area contributed by atoms with E-state index in [1.807, 2.05) is 0 Å². The molecule has 0 bridgehead atoms. The minimum absolute atomic E-state index is 0.771. The maximum atomic E-state index is 3.42. The van der Waals surface area contributed by atoms with Gasteiger partial charge < -0.3 is 10.2 Å². The average Bonchev–Trinajstić information content (AvgIpc) is 2.31. The third kappa shape index (κ3) is 2.25. The molecule has 1 aromatic rings. The topological polar surface area (TPSA) is 18.5 Å². The van der Waals surface area contributed by atoms with Crippen LogP contribution in [-0.4, -0.2) is 50.2 Å². The molecule has 98 valence electrons. The Morgan fingerprint density at radius 2 is 1.83 bits per heavy atom. The smallest absolute Gasteiger partial charge is 0.0447 e. The number of anilines is 1. The molecule has 18 heavy (non-hydrogen) atoms. The first-order valence-electron chi connectivity index (χ1n) is 7.01. The molecule has 0 atom stereocenters. The van der Waals surface area contributed by atoms with E-state index in [0.29, 0.717) is 0 Å². The van der Waals surface area contributed by atoms with Crippen molar-refractivity contribution < 1.29 is 0 Å². The molecule has 1 aromatic carbocycles. The lowest BCUT2D eigenvalue weighted by molar-refractivity contribution is 0.147. The molecule has 2 aliphatic rings. The van der Waals surface area contributed by atoms with Gasteiger partial charge in [0.05, 0.1) is 0 Å². The summed E-state index contributed by atoms with van der Waals surface area (Å²) >= 11 is 0. The number of benzene rings is 1. The second kappa shape index (κ2) is 4.90. The molecular weight excluding hydrogens is 222 g/mol. The van der Waals surface area contributed by atoms with Crippen LogP contribution in [0.1, 0.15) is 11.1 Å². The van der Waals surface area contributed by atoms with Crippen molar-refractivity contribution in [1.29, 1.82) is 0 Å². The van der Waals surface area contributed by atoms with Crippen LogP contribution >= 0.6 is 0 Å². The van der Waals surface area contributed by atoms with E-state index in [9.17, 15) is 0 Å². The second-order valence-corrected chi connectivity index (χ2v) is 5.63. The van der Waals surface area contributed by atoms with Crippen LogP contribution in [0, 0.1) is 13.8 Å². The van der Waals surface area contributed by atoms with Crippen molar-refractivity contribution >= 4 is 5.69 Å². The summed E-state index contributed by atoms with van der Waals surface area (Å²) < 4.78 is 0. The second-order valence-electron chi connectivity index (χ2n) is 5.63. The molecule has 2 saturated heterocycles. The van der Waals surface area contributed by atoms with Crippen molar-refractivity contribution in [3.05, 3.63) is 29.3 Å². The zero-order chi connectivity index (χ0) is 12.5. The van der Waals surface area contributed by atoms with Gasteiger partial charge in [0.2, 0.25) is 0 Å². The van der Waals surface area contributed by atoms with Crippen molar-refractivity contribution in [3.63, 3.8) is 0 Å². The quantitative estimate of drug-likeness (QED) is 0.849. The van der Waals surface area contributed by atoms with E-state index in [2.05, 4.69) is 47.2 Å². The van der Waals surface area contributed by atoms with E-state index in [4.69, 9.17) is 0 Å². The number of piperazine rings is 1. The summed E-state index contributed by atoms with van der Waals surface area (Å²) in [6, 6.07) is 7.56. The maximum absolute atomic E-state index is 3.42. The molecule has 0 amide bonds. The Labute approximate surface area is 110 Å². The van der Waals surface area contributed by atoms with Crippen LogP contribution in [0.25, 0.3) is 0 Å². The van der Waals surface area contributed by atoms with Gasteiger partial charge in [0.15, 0.2) is 0 Å². The van der Waals surface area contributed by atoms with Gasteiger partial charge in [-0.15, -0.1) is 0 Å². The zero-order valence-electron chi connectivity index (χ0n) is 11.4. The van der Waals surface area contributed by atoms with Crippen molar-refractivity contribution in [1.82, 2.24) is 10.2 Å². The molecule has 0 aromatic heterocycles. The lowest BCUT2D eigenvalue weighted by atomic mass is 10.0. The Balaban J connectivity index is 1.61. The summed E-state index contributed by atoms with van der Waals surface area (Å²) in [6.07, 6.45) is 0. The predicted molar refractivity (Wildman–Crippen MR) is 76.4 cm³/mol. The molecule has 0 aliphatic carbocycles. The maximum Gasteiger partial charge on any atom is 0.0447 e. The molecule has 3 heteroatoms. The average molecular weight is 245 g/mol. The van der Waals surface area contributed by atoms with Gasteiger partial charge in [-0.1, -0.05) is 17.7 Å². The molecule has 3 nitrogen and oxygen atoms in total. The lowest BCUT2D eigenvalue weighted by Gasteiger charge is -2.48. The lowest BCUT2D eigenvalue weighted by Crippen LogP contribution is -2.63. The van der Waals surface area contributed by atoms with Gasteiger partial charge in [0.25, 0.3) is 0 Å². The third-order valence-corrected chi connectivity index (χ3v) is 4.22. The Hall–Kier alpha value is -1.06. The molecule has 3 rings (SSSR count). The number of hydrogen-bond donors (Lipinski definition) is 1. The first-order chi connectivity index (χ1) is 8.74. The minimum atomic E-state index is 0.771. The van der Waals surface area contributed by atoms with Crippen LogP contribution < -0.4 is 10.2 Å². The highest BCUT2D eigenvalue weighted by molar-refractivity contribution is 5.56. The van der Waals surface area contributed by atoms with Crippen molar-refractivity contribution in [3.8, 4) is 0 Å². The van der Waals surface area contributed by atoms with Crippen molar-refractivity contribution in [2.75, 3.05) is 44.2 Å². The van der Waals surface area contributed by atoms with E-state index in [0.717, 1.165) is 19.1 Å². The van der Waals surface area contributed by atoms with Crippen LogP contribution in [0.15, 0.2) is 18.2 Å². The molecule has 2 fully saturated rings. The van der Waals surface area contributed by atoms with E-state index in [1.54, 1.807) is 0 Å². The normalized spacial score (nSPS) is 22.0. The predicted octanol–water partition coefficient (Wildman–Crippen LogP) is 1.40. The third-order valence-electron chi connectivity index (χ3n) is 4.22. The summed E-state index contributed by atoms with van der Waals surface area (Å²) in [6.45, 7) is 11.5. The molecule has 0 unspecified atom stereocenters. The molecular formula is C15H23N3. The van der Waals surface area contributed by atoms with Crippen LogP contribution in [0.5, 0.6) is 0 Å². The Morgan fingerprint density at radius 1 is 1.11 bits per heavy atom. The SMILES string of the molecule is Cc1ccc(N2CC(N3CCNCC3)C2)c(C)c1. The van der Waals surface area contributed by atoms with Crippen molar-refractivity contribution in [2.24, 2.45) is 0 Å². The molecule has 0 saturated carbocycles.